The second-order valence-electron chi connectivity index (χ2n) is 4.78. The van der Waals surface area contributed by atoms with E-state index in [4.69, 9.17) is 11.6 Å². The van der Waals surface area contributed by atoms with Crippen LogP contribution in [0.25, 0.3) is 0 Å². The van der Waals surface area contributed by atoms with E-state index in [1.54, 1.807) is 11.8 Å². The van der Waals surface area contributed by atoms with Gasteiger partial charge in [0, 0.05) is 15.6 Å². The number of anilines is 1. The Balaban J connectivity index is 1.87. The highest BCUT2D eigenvalue weighted by molar-refractivity contribution is 7.98. The molecule has 2 aromatic carbocycles. The van der Waals surface area contributed by atoms with Crippen LogP contribution in [0, 0.1) is 0 Å². The number of benzene rings is 2. The molecular formula is C16H16ClNS. The van der Waals surface area contributed by atoms with Crippen molar-refractivity contribution in [3.63, 3.8) is 0 Å². The second kappa shape index (κ2) is 5.48. The first-order chi connectivity index (χ1) is 9.28. The van der Waals surface area contributed by atoms with E-state index >= 15 is 0 Å². The summed E-state index contributed by atoms with van der Waals surface area (Å²) in [6.45, 7) is 0. The van der Waals surface area contributed by atoms with E-state index in [0.29, 0.717) is 6.04 Å². The van der Waals surface area contributed by atoms with E-state index in [0.717, 1.165) is 17.9 Å². The van der Waals surface area contributed by atoms with Gasteiger partial charge in [-0.1, -0.05) is 29.8 Å². The Morgan fingerprint density at radius 3 is 2.89 bits per heavy atom. The number of aryl methyl sites for hydroxylation is 1. The number of halogens is 1. The third kappa shape index (κ3) is 2.60. The van der Waals surface area contributed by atoms with Crippen molar-refractivity contribution in [1.82, 2.24) is 0 Å². The van der Waals surface area contributed by atoms with E-state index in [9.17, 15) is 0 Å². The van der Waals surface area contributed by atoms with Gasteiger partial charge in [-0.2, -0.15) is 0 Å². The zero-order valence-corrected chi connectivity index (χ0v) is 12.4. The zero-order chi connectivity index (χ0) is 13.2. The predicted molar refractivity (Wildman–Crippen MR) is 84.4 cm³/mol. The highest BCUT2D eigenvalue weighted by atomic mass is 35.5. The minimum atomic E-state index is 0.403. The van der Waals surface area contributed by atoms with Gasteiger partial charge in [0.2, 0.25) is 0 Å². The molecule has 1 N–H and O–H groups in total. The van der Waals surface area contributed by atoms with Crippen LogP contribution in [0.3, 0.4) is 0 Å². The molecule has 2 aromatic rings. The summed E-state index contributed by atoms with van der Waals surface area (Å²) in [6, 6.07) is 15.1. The van der Waals surface area contributed by atoms with Crippen molar-refractivity contribution in [1.29, 1.82) is 0 Å². The van der Waals surface area contributed by atoms with Crippen LogP contribution >= 0.6 is 23.4 Å². The van der Waals surface area contributed by atoms with Gasteiger partial charge >= 0.3 is 0 Å². The lowest BCUT2D eigenvalue weighted by atomic mass is 10.1. The zero-order valence-electron chi connectivity index (χ0n) is 10.8. The molecule has 0 aromatic heterocycles. The third-order valence-corrected chi connectivity index (χ3v) is 4.65. The standard InChI is InChI=1S/C16H16ClNS/c1-19-16-5-3-2-4-15(16)18-14-9-6-11-10-12(17)7-8-13(11)14/h2-5,7-8,10,14,18H,6,9H2,1H3. The molecule has 0 bridgehead atoms. The quantitative estimate of drug-likeness (QED) is 0.783. The summed E-state index contributed by atoms with van der Waals surface area (Å²) < 4.78 is 0. The fourth-order valence-electron chi connectivity index (χ4n) is 2.69. The molecule has 0 saturated heterocycles. The van der Waals surface area contributed by atoms with Gasteiger partial charge in [-0.25, -0.2) is 0 Å². The van der Waals surface area contributed by atoms with E-state index in [-0.39, 0.29) is 0 Å². The minimum Gasteiger partial charge on any atom is -0.377 e. The predicted octanol–water partition coefficient (Wildman–Crippen LogP) is 5.16. The molecule has 0 saturated carbocycles. The third-order valence-electron chi connectivity index (χ3n) is 3.62. The number of nitrogens with one attached hydrogen (secondary N) is 1. The molecule has 0 aliphatic heterocycles. The summed E-state index contributed by atoms with van der Waals surface area (Å²) in [4.78, 5) is 1.30. The molecule has 0 spiro atoms. The SMILES string of the molecule is CSc1ccccc1NC1CCc2cc(Cl)ccc21. The van der Waals surface area contributed by atoms with Crippen LogP contribution in [-0.4, -0.2) is 6.26 Å². The molecule has 0 amide bonds. The van der Waals surface area contributed by atoms with E-state index in [1.165, 1.54) is 21.7 Å². The molecule has 3 heteroatoms. The first-order valence-corrected chi connectivity index (χ1v) is 8.06. The minimum absolute atomic E-state index is 0.403. The Bertz CT molecular complexity index is 597. The maximum atomic E-state index is 6.06. The molecule has 1 aliphatic carbocycles. The van der Waals surface area contributed by atoms with Crippen molar-refractivity contribution in [2.24, 2.45) is 0 Å². The van der Waals surface area contributed by atoms with Crippen molar-refractivity contribution >= 4 is 29.1 Å². The molecule has 1 aliphatic rings. The van der Waals surface area contributed by atoms with Gasteiger partial charge in [-0.05, 0) is 54.5 Å². The molecule has 3 rings (SSSR count). The molecule has 1 atom stereocenters. The Labute approximate surface area is 123 Å². The molecule has 0 heterocycles. The molecule has 0 fully saturated rings. The van der Waals surface area contributed by atoms with Gasteiger partial charge in [-0.3, -0.25) is 0 Å². The lowest BCUT2D eigenvalue weighted by Gasteiger charge is -2.17. The lowest BCUT2D eigenvalue weighted by molar-refractivity contribution is 0.759. The number of hydrogen-bond acceptors (Lipinski definition) is 2. The van der Waals surface area contributed by atoms with Crippen molar-refractivity contribution in [2.45, 2.75) is 23.8 Å². The number of para-hydroxylation sites is 1. The first-order valence-electron chi connectivity index (χ1n) is 6.46. The van der Waals surface area contributed by atoms with Gasteiger partial charge in [-0.15, -0.1) is 11.8 Å². The summed E-state index contributed by atoms with van der Waals surface area (Å²) in [6.07, 6.45) is 4.36. The summed E-state index contributed by atoms with van der Waals surface area (Å²) in [5.74, 6) is 0. The average molecular weight is 290 g/mol. The second-order valence-corrected chi connectivity index (χ2v) is 6.06. The van der Waals surface area contributed by atoms with Crippen LogP contribution in [-0.2, 0) is 6.42 Å². The van der Waals surface area contributed by atoms with E-state index in [1.807, 2.05) is 6.07 Å². The Morgan fingerprint density at radius 2 is 2.05 bits per heavy atom. The maximum absolute atomic E-state index is 6.06. The van der Waals surface area contributed by atoms with Crippen LogP contribution in [0.15, 0.2) is 47.4 Å². The van der Waals surface area contributed by atoms with Crippen molar-refractivity contribution in [3.8, 4) is 0 Å². The van der Waals surface area contributed by atoms with Crippen molar-refractivity contribution in [2.75, 3.05) is 11.6 Å². The molecule has 1 unspecified atom stereocenters. The summed E-state index contributed by atoms with van der Waals surface area (Å²) in [7, 11) is 0. The van der Waals surface area contributed by atoms with Gasteiger partial charge < -0.3 is 5.32 Å². The fourth-order valence-corrected chi connectivity index (χ4v) is 3.44. The number of hydrogen-bond donors (Lipinski definition) is 1. The van der Waals surface area contributed by atoms with Crippen LogP contribution < -0.4 is 5.32 Å². The summed E-state index contributed by atoms with van der Waals surface area (Å²) in [5, 5.41) is 4.51. The Hall–Kier alpha value is -1.12. The molecule has 19 heavy (non-hydrogen) atoms. The number of fused-ring (bicyclic) bond motifs is 1. The summed E-state index contributed by atoms with van der Waals surface area (Å²) >= 11 is 7.83. The largest absolute Gasteiger partial charge is 0.377 e. The van der Waals surface area contributed by atoms with Crippen LogP contribution in [0.4, 0.5) is 5.69 Å². The van der Waals surface area contributed by atoms with Crippen molar-refractivity contribution < 1.29 is 0 Å². The number of thioether (sulfide) groups is 1. The highest BCUT2D eigenvalue weighted by Gasteiger charge is 2.22. The maximum Gasteiger partial charge on any atom is 0.0520 e. The lowest BCUT2D eigenvalue weighted by Crippen LogP contribution is -2.07. The Morgan fingerprint density at radius 1 is 1.21 bits per heavy atom. The van der Waals surface area contributed by atoms with E-state index < -0.39 is 0 Å². The monoisotopic (exact) mass is 289 g/mol. The summed E-state index contributed by atoms with van der Waals surface area (Å²) in [5.41, 5.74) is 4.00. The normalized spacial score (nSPS) is 17.3. The molecular weight excluding hydrogens is 274 g/mol. The fraction of sp³-hybridized carbons (Fsp3) is 0.250. The van der Waals surface area contributed by atoms with Gasteiger partial charge in [0.25, 0.3) is 0 Å². The number of rotatable bonds is 3. The van der Waals surface area contributed by atoms with Gasteiger partial charge in [0.1, 0.15) is 0 Å². The Kier molecular flexibility index (Phi) is 3.72. The topological polar surface area (TPSA) is 12.0 Å². The smallest absolute Gasteiger partial charge is 0.0520 e. The molecule has 1 nitrogen and oxygen atoms in total. The van der Waals surface area contributed by atoms with Crippen LogP contribution in [0.2, 0.25) is 5.02 Å². The first kappa shape index (κ1) is 12.9. The molecule has 0 radical (unpaired) electrons. The van der Waals surface area contributed by atoms with Gasteiger partial charge in [0.15, 0.2) is 0 Å². The average Bonchev–Trinajstić information content (AvgIpc) is 2.82. The molecule has 98 valence electrons. The van der Waals surface area contributed by atoms with Crippen LogP contribution in [0.1, 0.15) is 23.6 Å². The van der Waals surface area contributed by atoms with Crippen LogP contribution in [0.5, 0.6) is 0 Å². The van der Waals surface area contributed by atoms with E-state index in [2.05, 4.69) is 48.0 Å². The highest BCUT2D eigenvalue weighted by Crippen LogP contribution is 2.37. The van der Waals surface area contributed by atoms with Crippen molar-refractivity contribution in [3.05, 3.63) is 58.6 Å². The van der Waals surface area contributed by atoms with Gasteiger partial charge in [0.05, 0.1) is 6.04 Å².